The third kappa shape index (κ3) is 4.92. The number of nitrogens with zero attached hydrogens (tertiary/aromatic N) is 1. The number of carbonyl (C=O) groups excluding carboxylic acids is 1. The second-order valence-corrected chi connectivity index (χ2v) is 5.74. The maximum absolute atomic E-state index is 11.8. The van der Waals surface area contributed by atoms with Crippen LogP contribution in [0.15, 0.2) is 78.9 Å². The number of hydrogen-bond donors (Lipinski definition) is 0. The van der Waals surface area contributed by atoms with Gasteiger partial charge in [-0.2, -0.15) is 0 Å². The van der Waals surface area contributed by atoms with Gasteiger partial charge in [0.2, 0.25) is 0 Å². The Balaban J connectivity index is 1.52. The molecule has 0 fully saturated rings. The molecule has 0 saturated heterocycles. The molecule has 3 rings (SSSR count). The number of para-hydroxylation sites is 2. The van der Waals surface area contributed by atoms with Gasteiger partial charge in [-0.3, -0.25) is 10.1 Å². The smallest absolute Gasteiger partial charge is 0.344 e. The largest absolute Gasteiger partial charge is 0.475 e. The van der Waals surface area contributed by atoms with E-state index in [0.29, 0.717) is 0 Å². The van der Waals surface area contributed by atoms with E-state index >= 15 is 0 Å². The van der Waals surface area contributed by atoms with Crippen LogP contribution in [0.3, 0.4) is 0 Å². The molecule has 0 amide bonds. The summed E-state index contributed by atoms with van der Waals surface area (Å²) in [6, 6.07) is 23.5. The minimum atomic E-state index is -0.597. The molecule has 3 aromatic carbocycles. The Hall–Kier alpha value is -3.67. The number of nitro benzene ring substituents is 1. The van der Waals surface area contributed by atoms with Gasteiger partial charge in [-0.25, -0.2) is 4.79 Å². The lowest BCUT2D eigenvalue weighted by Crippen LogP contribution is -2.15. The summed E-state index contributed by atoms with van der Waals surface area (Å²) in [6.45, 7) is -0.291. The fraction of sp³-hybridized carbons (Fsp3) is 0.0952. The van der Waals surface area contributed by atoms with Crippen molar-refractivity contribution in [1.82, 2.24) is 0 Å². The first-order valence-electron chi connectivity index (χ1n) is 8.29. The lowest BCUT2D eigenvalue weighted by molar-refractivity contribution is -0.385. The Morgan fingerprint density at radius 1 is 0.852 bits per heavy atom. The average molecular weight is 363 g/mol. The molecule has 0 aliphatic carbocycles. The number of benzene rings is 3. The van der Waals surface area contributed by atoms with Crippen LogP contribution in [0, 0.1) is 10.1 Å². The maximum Gasteiger partial charge on any atom is 0.344 e. The zero-order valence-electron chi connectivity index (χ0n) is 14.4. The first-order chi connectivity index (χ1) is 13.1. The van der Waals surface area contributed by atoms with Crippen molar-refractivity contribution in [3.05, 3.63) is 94.5 Å². The van der Waals surface area contributed by atoms with Crippen LogP contribution >= 0.6 is 0 Å². The number of carbonyl (C=O) groups is 1. The van der Waals surface area contributed by atoms with E-state index in [1.54, 1.807) is 6.07 Å². The average Bonchev–Trinajstić information content (AvgIpc) is 2.72. The van der Waals surface area contributed by atoms with Gasteiger partial charge in [-0.15, -0.1) is 0 Å². The summed E-state index contributed by atoms with van der Waals surface area (Å²) in [5.74, 6) is -0.563. The molecule has 0 aliphatic rings. The summed E-state index contributed by atoms with van der Waals surface area (Å²) < 4.78 is 10.4. The molecule has 0 spiro atoms. The van der Waals surface area contributed by atoms with Crippen LogP contribution in [0.25, 0.3) is 11.1 Å². The van der Waals surface area contributed by atoms with Crippen molar-refractivity contribution in [1.29, 1.82) is 0 Å². The number of rotatable bonds is 7. The van der Waals surface area contributed by atoms with Crippen molar-refractivity contribution in [2.75, 3.05) is 6.61 Å². The molecule has 0 radical (unpaired) electrons. The van der Waals surface area contributed by atoms with E-state index in [1.807, 2.05) is 54.6 Å². The lowest BCUT2D eigenvalue weighted by atomic mass is 10.0. The molecule has 0 unspecified atom stereocenters. The van der Waals surface area contributed by atoms with E-state index in [0.717, 1.165) is 16.7 Å². The molecular formula is C21H17NO5. The highest BCUT2D eigenvalue weighted by molar-refractivity contribution is 5.71. The van der Waals surface area contributed by atoms with Gasteiger partial charge >= 0.3 is 11.7 Å². The van der Waals surface area contributed by atoms with Gasteiger partial charge < -0.3 is 9.47 Å². The maximum atomic E-state index is 11.8. The number of hydrogen-bond acceptors (Lipinski definition) is 5. The van der Waals surface area contributed by atoms with Gasteiger partial charge in [0.05, 0.1) is 4.92 Å². The van der Waals surface area contributed by atoms with Gasteiger partial charge in [-0.1, -0.05) is 66.7 Å². The molecule has 0 atom stereocenters. The molecule has 0 bridgehead atoms. The van der Waals surface area contributed by atoms with Gasteiger partial charge in [0.25, 0.3) is 0 Å². The molecule has 0 saturated carbocycles. The second kappa shape index (κ2) is 8.62. The highest BCUT2D eigenvalue weighted by atomic mass is 16.6. The zero-order chi connectivity index (χ0) is 19.1. The standard InChI is InChI=1S/C21H17NO5/c23-21(15-26-20-9-5-4-8-19(20)22(24)25)27-14-16-10-12-18(13-11-16)17-6-2-1-3-7-17/h1-13H,14-15H2. The Labute approximate surface area is 156 Å². The molecule has 0 aromatic heterocycles. The third-order valence-corrected chi connectivity index (χ3v) is 3.87. The second-order valence-electron chi connectivity index (χ2n) is 5.74. The van der Waals surface area contributed by atoms with Crippen molar-refractivity contribution in [2.45, 2.75) is 6.61 Å². The molecule has 0 aliphatic heterocycles. The zero-order valence-corrected chi connectivity index (χ0v) is 14.4. The summed E-state index contributed by atoms with van der Waals surface area (Å²) >= 11 is 0. The van der Waals surface area contributed by atoms with Crippen molar-refractivity contribution < 1.29 is 19.2 Å². The first-order valence-corrected chi connectivity index (χ1v) is 8.29. The van der Waals surface area contributed by atoms with Crippen molar-refractivity contribution in [2.24, 2.45) is 0 Å². The first kappa shape index (κ1) is 18.1. The van der Waals surface area contributed by atoms with Crippen LogP contribution in [-0.4, -0.2) is 17.5 Å². The summed E-state index contributed by atoms with van der Waals surface area (Å²) in [6.07, 6.45) is 0. The van der Waals surface area contributed by atoms with Crippen LogP contribution in [0.1, 0.15) is 5.56 Å². The molecule has 6 nitrogen and oxygen atoms in total. The molecular weight excluding hydrogens is 346 g/mol. The van der Waals surface area contributed by atoms with E-state index in [2.05, 4.69) is 0 Å². The van der Waals surface area contributed by atoms with Gasteiger partial charge in [0, 0.05) is 6.07 Å². The number of nitro groups is 1. The SMILES string of the molecule is O=C(COc1ccccc1[N+](=O)[O-])OCc1ccc(-c2ccccc2)cc1. The summed E-state index contributed by atoms with van der Waals surface area (Å²) in [5.41, 5.74) is 2.83. The van der Waals surface area contributed by atoms with Gasteiger partial charge in [0.15, 0.2) is 12.4 Å². The minimum Gasteiger partial charge on any atom is -0.475 e. The lowest BCUT2D eigenvalue weighted by Gasteiger charge is -2.08. The van der Waals surface area contributed by atoms with E-state index in [9.17, 15) is 14.9 Å². The summed E-state index contributed by atoms with van der Waals surface area (Å²) in [7, 11) is 0. The van der Waals surface area contributed by atoms with Crippen LogP contribution in [0.2, 0.25) is 0 Å². The Kier molecular flexibility index (Phi) is 5.79. The van der Waals surface area contributed by atoms with Crippen molar-refractivity contribution >= 4 is 11.7 Å². The minimum absolute atomic E-state index is 0.0339. The normalized spacial score (nSPS) is 10.2. The van der Waals surface area contributed by atoms with E-state index in [4.69, 9.17) is 9.47 Å². The van der Waals surface area contributed by atoms with Crippen LogP contribution in [0.4, 0.5) is 5.69 Å². The highest BCUT2D eigenvalue weighted by Gasteiger charge is 2.15. The van der Waals surface area contributed by atoms with Crippen LogP contribution in [-0.2, 0) is 16.1 Å². The summed E-state index contributed by atoms with van der Waals surface area (Å²) in [5, 5.41) is 10.9. The Morgan fingerprint density at radius 3 is 2.19 bits per heavy atom. The molecule has 0 N–H and O–H groups in total. The number of ether oxygens (including phenoxy) is 2. The summed E-state index contributed by atoms with van der Waals surface area (Å²) in [4.78, 5) is 22.2. The molecule has 136 valence electrons. The quantitative estimate of drug-likeness (QED) is 0.353. The van der Waals surface area contributed by atoms with Crippen molar-refractivity contribution in [3.63, 3.8) is 0 Å². The van der Waals surface area contributed by atoms with Crippen LogP contribution in [0.5, 0.6) is 5.75 Å². The Bertz CT molecular complexity index is 923. The van der Waals surface area contributed by atoms with Gasteiger partial charge in [0.1, 0.15) is 6.61 Å². The third-order valence-electron chi connectivity index (χ3n) is 3.87. The fourth-order valence-electron chi connectivity index (χ4n) is 2.50. The van der Waals surface area contributed by atoms with Crippen LogP contribution < -0.4 is 4.74 Å². The Morgan fingerprint density at radius 2 is 1.48 bits per heavy atom. The predicted octanol–water partition coefficient (Wildman–Crippen LogP) is 4.38. The van der Waals surface area contributed by atoms with E-state index in [-0.39, 0.29) is 18.0 Å². The molecule has 6 heteroatoms. The topological polar surface area (TPSA) is 78.7 Å². The fourth-order valence-corrected chi connectivity index (χ4v) is 2.50. The highest BCUT2D eigenvalue weighted by Crippen LogP contribution is 2.25. The monoisotopic (exact) mass is 363 g/mol. The van der Waals surface area contributed by atoms with E-state index in [1.165, 1.54) is 18.2 Å². The number of esters is 1. The molecule has 3 aromatic rings. The van der Waals surface area contributed by atoms with Gasteiger partial charge in [-0.05, 0) is 22.8 Å². The van der Waals surface area contributed by atoms with Crippen molar-refractivity contribution in [3.8, 4) is 16.9 Å². The predicted molar refractivity (Wildman–Crippen MR) is 100 cm³/mol. The molecule has 27 heavy (non-hydrogen) atoms. The molecule has 0 heterocycles. The van der Waals surface area contributed by atoms with E-state index < -0.39 is 17.5 Å².